The smallest absolute Gasteiger partial charge is 0.167 e. The predicted molar refractivity (Wildman–Crippen MR) is 233 cm³/mol. The van der Waals surface area contributed by atoms with Crippen LogP contribution in [0.2, 0.25) is 5.02 Å². The summed E-state index contributed by atoms with van der Waals surface area (Å²) >= 11 is 8.74. The molecule has 0 fully saturated rings. The van der Waals surface area contributed by atoms with Crippen LogP contribution in [0.15, 0.2) is 168 Å². The molecule has 8 aromatic carbocycles. The molecule has 0 aliphatic rings. The Morgan fingerprint density at radius 1 is 0.482 bits per heavy atom. The molecule has 0 bridgehead atoms. The van der Waals surface area contributed by atoms with Gasteiger partial charge in [-0.2, -0.15) is 0 Å². The van der Waals surface area contributed by atoms with Gasteiger partial charge in [0.2, 0.25) is 0 Å². The lowest BCUT2D eigenvalue weighted by Crippen LogP contribution is -2.00. The van der Waals surface area contributed by atoms with Crippen molar-refractivity contribution < 1.29 is 4.42 Å². The number of nitrogens with zero attached hydrogens (tertiary/aromatic N) is 4. The molecular weight excluding hydrogens is 728 g/mol. The van der Waals surface area contributed by atoms with Crippen molar-refractivity contribution in [3.8, 4) is 39.9 Å². The predicted octanol–water partition coefficient (Wildman–Crippen LogP) is 14.0. The average Bonchev–Trinajstić information content (AvgIpc) is 3.92. The zero-order chi connectivity index (χ0) is 36.9. The van der Waals surface area contributed by atoms with Crippen LogP contribution in [-0.4, -0.2) is 19.5 Å². The zero-order valence-electron chi connectivity index (χ0n) is 29.6. The zero-order valence-corrected chi connectivity index (χ0v) is 31.1. The van der Waals surface area contributed by atoms with Gasteiger partial charge in [-0.05, 0) is 77.5 Å². The molecule has 12 rings (SSSR count). The molecule has 0 atom stereocenters. The fourth-order valence-electron chi connectivity index (χ4n) is 8.37. The summed E-state index contributed by atoms with van der Waals surface area (Å²) in [6.07, 6.45) is 0. The van der Waals surface area contributed by atoms with Crippen molar-refractivity contribution in [2.24, 2.45) is 0 Å². The van der Waals surface area contributed by atoms with Gasteiger partial charge in [0.15, 0.2) is 17.5 Å². The lowest BCUT2D eigenvalue weighted by molar-refractivity contribution is 0.670. The lowest BCUT2D eigenvalue weighted by Gasteiger charge is -2.10. The topological polar surface area (TPSA) is 56.7 Å². The molecular formula is C49H27ClN4OS. The van der Waals surface area contributed by atoms with E-state index < -0.39 is 0 Å². The molecule has 4 aromatic heterocycles. The number of para-hydroxylation sites is 2. The molecule has 0 unspecified atom stereocenters. The second-order valence-corrected chi connectivity index (χ2v) is 15.6. The van der Waals surface area contributed by atoms with Gasteiger partial charge in [0, 0.05) is 63.6 Å². The van der Waals surface area contributed by atoms with E-state index in [0.717, 1.165) is 65.7 Å². The van der Waals surface area contributed by atoms with Crippen LogP contribution < -0.4 is 0 Å². The van der Waals surface area contributed by atoms with Gasteiger partial charge in [0.25, 0.3) is 0 Å². The number of benzene rings is 8. The van der Waals surface area contributed by atoms with Gasteiger partial charge in [-0.3, -0.25) is 0 Å². The minimum absolute atomic E-state index is 0.490. The molecule has 7 heteroatoms. The summed E-state index contributed by atoms with van der Waals surface area (Å²) in [6.45, 7) is 0. The van der Waals surface area contributed by atoms with Crippen molar-refractivity contribution in [1.82, 2.24) is 19.5 Å². The number of aromatic nitrogens is 4. The minimum atomic E-state index is 0.490. The number of furan rings is 1. The number of thiophene rings is 1. The van der Waals surface area contributed by atoms with Gasteiger partial charge in [0.05, 0.1) is 16.6 Å². The summed E-state index contributed by atoms with van der Waals surface area (Å²) < 4.78 is 11.4. The fourth-order valence-corrected chi connectivity index (χ4v) is 9.73. The SMILES string of the molecule is Clc1cc(-c2nc(-c3ccc4c(c3)sc3ccccc34)nc(-c3ccc4c(c3)c3ccccc3n4-c3ccccc3)n2)c2oc3ccc4ccccc4c3c2c1. The Morgan fingerprint density at radius 2 is 1.16 bits per heavy atom. The molecule has 0 saturated carbocycles. The molecule has 0 N–H and O–H groups in total. The summed E-state index contributed by atoms with van der Waals surface area (Å²) in [5.41, 5.74) is 7.33. The van der Waals surface area contributed by atoms with E-state index in [4.69, 9.17) is 31.0 Å². The number of rotatable bonds is 4. The molecule has 0 aliphatic carbocycles. The van der Waals surface area contributed by atoms with Crippen LogP contribution >= 0.6 is 22.9 Å². The molecule has 4 heterocycles. The first-order valence-corrected chi connectivity index (χ1v) is 19.6. The maximum Gasteiger partial charge on any atom is 0.167 e. The highest BCUT2D eigenvalue weighted by Gasteiger charge is 2.21. The Kier molecular flexibility index (Phi) is 6.79. The Bertz CT molecular complexity index is 3570. The molecule has 12 aromatic rings. The highest BCUT2D eigenvalue weighted by molar-refractivity contribution is 7.25. The minimum Gasteiger partial charge on any atom is -0.455 e. The van der Waals surface area contributed by atoms with Crippen LogP contribution in [-0.2, 0) is 0 Å². The fraction of sp³-hybridized carbons (Fsp3) is 0. The first kappa shape index (κ1) is 31.5. The summed E-state index contributed by atoms with van der Waals surface area (Å²) in [6, 6.07) is 56.9. The van der Waals surface area contributed by atoms with E-state index in [1.165, 1.54) is 20.2 Å². The molecule has 262 valence electrons. The van der Waals surface area contributed by atoms with Gasteiger partial charge in [-0.25, -0.2) is 15.0 Å². The van der Waals surface area contributed by atoms with Crippen LogP contribution in [0.1, 0.15) is 0 Å². The third-order valence-corrected chi connectivity index (χ3v) is 12.2. The first-order chi connectivity index (χ1) is 27.6. The van der Waals surface area contributed by atoms with E-state index in [1.807, 2.05) is 24.3 Å². The average molecular weight is 755 g/mol. The summed E-state index contributed by atoms with van der Waals surface area (Å²) in [4.78, 5) is 15.6. The maximum atomic E-state index is 6.96. The standard InChI is InChI=1S/C49H27ClN4OS/c50-31-26-38-45-33-13-5-4-10-28(33)20-23-42(45)55-46(38)39(27-31)49-52-47(51-48(53-49)30-18-21-36-35-15-7-9-17-43(35)56-44(36)25-30)29-19-22-41-37(24-29)34-14-6-8-16-40(34)54(41)32-11-2-1-3-12-32/h1-27H. The molecule has 56 heavy (non-hydrogen) atoms. The molecule has 0 saturated heterocycles. The highest BCUT2D eigenvalue weighted by atomic mass is 35.5. The highest BCUT2D eigenvalue weighted by Crippen LogP contribution is 2.42. The number of fused-ring (bicyclic) bond motifs is 11. The van der Waals surface area contributed by atoms with E-state index in [9.17, 15) is 0 Å². The van der Waals surface area contributed by atoms with E-state index in [-0.39, 0.29) is 0 Å². The van der Waals surface area contributed by atoms with Gasteiger partial charge in [-0.1, -0.05) is 109 Å². The van der Waals surface area contributed by atoms with Gasteiger partial charge in [-0.15, -0.1) is 11.3 Å². The van der Waals surface area contributed by atoms with Crippen molar-refractivity contribution in [3.05, 3.63) is 169 Å². The van der Waals surface area contributed by atoms with Crippen LogP contribution in [0, 0.1) is 0 Å². The Balaban J connectivity index is 1.12. The largest absolute Gasteiger partial charge is 0.455 e. The van der Waals surface area contributed by atoms with Gasteiger partial charge in [0.1, 0.15) is 11.2 Å². The second kappa shape index (κ2) is 12.1. The molecule has 0 amide bonds. The molecule has 0 spiro atoms. The molecule has 5 nitrogen and oxygen atoms in total. The van der Waals surface area contributed by atoms with Crippen molar-refractivity contribution >= 4 is 97.6 Å². The Labute approximate surface area is 328 Å². The van der Waals surface area contributed by atoms with E-state index in [1.54, 1.807) is 11.3 Å². The van der Waals surface area contributed by atoms with Crippen molar-refractivity contribution in [1.29, 1.82) is 0 Å². The van der Waals surface area contributed by atoms with Crippen molar-refractivity contribution in [2.45, 2.75) is 0 Å². The van der Waals surface area contributed by atoms with Gasteiger partial charge < -0.3 is 8.98 Å². The van der Waals surface area contributed by atoms with Gasteiger partial charge >= 0.3 is 0 Å². The van der Waals surface area contributed by atoms with Crippen molar-refractivity contribution in [2.75, 3.05) is 0 Å². The first-order valence-electron chi connectivity index (χ1n) is 18.5. The maximum absolute atomic E-state index is 6.96. The quantitative estimate of drug-likeness (QED) is 0.179. The Morgan fingerprint density at radius 3 is 2.04 bits per heavy atom. The lowest BCUT2D eigenvalue weighted by atomic mass is 10.0. The molecule has 0 radical (unpaired) electrons. The van der Waals surface area contributed by atoms with Crippen LogP contribution in [0.4, 0.5) is 0 Å². The van der Waals surface area contributed by atoms with Crippen LogP contribution in [0.5, 0.6) is 0 Å². The summed E-state index contributed by atoms with van der Waals surface area (Å²) in [5.74, 6) is 1.63. The third-order valence-electron chi connectivity index (χ3n) is 10.9. The van der Waals surface area contributed by atoms with Crippen LogP contribution in [0.3, 0.4) is 0 Å². The van der Waals surface area contributed by atoms with E-state index in [0.29, 0.717) is 33.6 Å². The van der Waals surface area contributed by atoms with E-state index in [2.05, 4.69) is 144 Å². The normalized spacial score (nSPS) is 12.0. The summed E-state index contributed by atoms with van der Waals surface area (Å²) in [5, 5.41) is 9.50. The number of hydrogen-bond donors (Lipinski definition) is 0. The monoisotopic (exact) mass is 754 g/mol. The number of hydrogen-bond acceptors (Lipinski definition) is 5. The summed E-state index contributed by atoms with van der Waals surface area (Å²) in [7, 11) is 0. The number of halogens is 1. The Hall–Kier alpha value is -6.86. The molecule has 0 aliphatic heterocycles. The van der Waals surface area contributed by atoms with E-state index >= 15 is 0 Å². The second-order valence-electron chi connectivity index (χ2n) is 14.1. The third kappa shape index (κ3) is 4.76. The van der Waals surface area contributed by atoms with Crippen LogP contribution in [0.25, 0.3) is 115 Å². The van der Waals surface area contributed by atoms with Crippen molar-refractivity contribution in [3.63, 3.8) is 0 Å².